The standard InChI is InChI=1S/C13H26N2O2/c1-11(10-16)4-2-7-15-13(17)8-12-5-3-6-14-9-12/h11-12,14,16H,2-10H2,1H3,(H,15,17). The van der Waals surface area contributed by atoms with Gasteiger partial charge in [-0.15, -0.1) is 0 Å². The minimum atomic E-state index is 0.176. The summed E-state index contributed by atoms with van der Waals surface area (Å²) < 4.78 is 0. The summed E-state index contributed by atoms with van der Waals surface area (Å²) >= 11 is 0. The van der Waals surface area contributed by atoms with E-state index >= 15 is 0 Å². The van der Waals surface area contributed by atoms with Crippen LogP contribution < -0.4 is 10.6 Å². The molecular weight excluding hydrogens is 216 g/mol. The number of piperidine rings is 1. The largest absolute Gasteiger partial charge is 0.396 e. The van der Waals surface area contributed by atoms with Gasteiger partial charge in [0, 0.05) is 19.6 Å². The Morgan fingerprint density at radius 2 is 2.41 bits per heavy atom. The average molecular weight is 242 g/mol. The first-order chi connectivity index (χ1) is 8.22. The van der Waals surface area contributed by atoms with Crippen LogP contribution in [0.3, 0.4) is 0 Å². The molecule has 3 N–H and O–H groups in total. The summed E-state index contributed by atoms with van der Waals surface area (Å²) in [5, 5.41) is 15.1. The zero-order valence-electron chi connectivity index (χ0n) is 10.9. The van der Waals surface area contributed by atoms with E-state index in [-0.39, 0.29) is 12.5 Å². The minimum absolute atomic E-state index is 0.176. The first kappa shape index (κ1) is 14.5. The van der Waals surface area contributed by atoms with Gasteiger partial charge in [-0.2, -0.15) is 0 Å². The number of aliphatic hydroxyl groups is 1. The maximum atomic E-state index is 11.6. The zero-order valence-corrected chi connectivity index (χ0v) is 10.9. The van der Waals surface area contributed by atoms with Crippen molar-refractivity contribution in [1.29, 1.82) is 0 Å². The molecule has 1 saturated heterocycles. The summed E-state index contributed by atoms with van der Waals surface area (Å²) in [5.41, 5.74) is 0. The van der Waals surface area contributed by atoms with Crippen LogP contribution in [0.5, 0.6) is 0 Å². The third-order valence-corrected chi connectivity index (χ3v) is 3.38. The van der Waals surface area contributed by atoms with Crippen LogP contribution >= 0.6 is 0 Å². The molecule has 1 fully saturated rings. The van der Waals surface area contributed by atoms with Crippen molar-refractivity contribution in [2.45, 2.75) is 39.0 Å². The van der Waals surface area contributed by atoms with Gasteiger partial charge in [-0.1, -0.05) is 6.92 Å². The Kier molecular flexibility index (Phi) is 7.21. The van der Waals surface area contributed by atoms with Gasteiger partial charge >= 0.3 is 0 Å². The van der Waals surface area contributed by atoms with E-state index in [1.807, 2.05) is 6.92 Å². The molecule has 1 aliphatic rings. The van der Waals surface area contributed by atoms with Crippen LogP contribution in [0.15, 0.2) is 0 Å². The lowest BCUT2D eigenvalue weighted by molar-refractivity contribution is -0.122. The summed E-state index contributed by atoms with van der Waals surface area (Å²) in [7, 11) is 0. The van der Waals surface area contributed by atoms with E-state index in [2.05, 4.69) is 10.6 Å². The van der Waals surface area contributed by atoms with Gasteiger partial charge in [0.25, 0.3) is 0 Å². The van der Waals surface area contributed by atoms with E-state index in [4.69, 9.17) is 5.11 Å². The number of amides is 1. The van der Waals surface area contributed by atoms with Gasteiger partial charge in [0.1, 0.15) is 0 Å². The Hall–Kier alpha value is -0.610. The Bertz CT molecular complexity index is 215. The molecule has 2 atom stereocenters. The molecule has 0 aliphatic carbocycles. The van der Waals surface area contributed by atoms with Gasteiger partial charge in [0.05, 0.1) is 0 Å². The molecule has 1 heterocycles. The van der Waals surface area contributed by atoms with Crippen molar-refractivity contribution in [2.24, 2.45) is 11.8 Å². The maximum Gasteiger partial charge on any atom is 0.220 e. The van der Waals surface area contributed by atoms with E-state index in [9.17, 15) is 4.79 Å². The van der Waals surface area contributed by atoms with E-state index < -0.39 is 0 Å². The topological polar surface area (TPSA) is 61.4 Å². The van der Waals surface area contributed by atoms with Crippen molar-refractivity contribution in [3.05, 3.63) is 0 Å². The normalized spacial score (nSPS) is 22.1. The number of aliphatic hydroxyl groups excluding tert-OH is 1. The highest BCUT2D eigenvalue weighted by molar-refractivity contribution is 5.76. The van der Waals surface area contributed by atoms with Gasteiger partial charge in [-0.3, -0.25) is 4.79 Å². The molecule has 4 nitrogen and oxygen atoms in total. The summed E-state index contributed by atoms with van der Waals surface area (Å²) in [5.74, 6) is 1.03. The second-order valence-electron chi connectivity index (χ2n) is 5.20. The predicted molar refractivity (Wildman–Crippen MR) is 68.7 cm³/mol. The number of nitrogens with one attached hydrogen (secondary N) is 2. The smallest absolute Gasteiger partial charge is 0.220 e. The first-order valence-corrected chi connectivity index (χ1v) is 6.80. The van der Waals surface area contributed by atoms with Crippen molar-refractivity contribution in [1.82, 2.24) is 10.6 Å². The Labute approximate surface area is 104 Å². The van der Waals surface area contributed by atoms with Gasteiger partial charge < -0.3 is 15.7 Å². The molecule has 0 bridgehead atoms. The van der Waals surface area contributed by atoms with Crippen molar-refractivity contribution < 1.29 is 9.90 Å². The fourth-order valence-corrected chi connectivity index (χ4v) is 2.20. The summed E-state index contributed by atoms with van der Waals surface area (Å²) in [6.45, 7) is 5.08. The number of carbonyl (C=O) groups excluding carboxylic acids is 1. The number of hydrogen-bond donors (Lipinski definition) is 3. The van der Waals surface area contributed by atoms with Crippen LogP contribution in [-0.2, 0) is 4.79 Å². The van der Waals surface area contributed by atoms with E-state index in [0.717, 1.165) is 32.5 Å². The number of rotatable bonds is 7. The van der Waals surface area contributed by atoms with Crippen LogP contribution in [0.25, 0.3) is 0 Å². The van der Waals surface area contributed by atoms with Crippen molar-refractivity contribution in [2.75, 3.05) is 26.2 Å². The monoisotopic (exact) mass is 242 g/mol. The van der Waals surface area contributed by atoms with Crippen molar-refractivity contribution >= 4 is 5.91 Å². The Balaban J connectivity index is 2.00. The highest BCUT2D eigenvalue weighted by atomic mass is 16.3. The number of hydrogen-bond acceptors (Lipinski definition) is 3. The van der Waals surface area contributed by atoms with E-state index in [0.29, 0.717) is 18.3 Å². The van der Waals surface area contributed by atoms with Crippen LogP contribution in [0.2, 0.25) is 0 Å². The second-order valence-corrected chi connectivity index (χ2v) is 5.20. The molecule has 0 saturated carbocycles. The highest BCUT2D eigenvalue weighted by Crippen LogP contribution is 2.13. The average Bonchev–Trinajstić information content (AvgIpc) is 2.35. The predicted octanol–water partition coefficient (Wildman–Crippen LogP) is 0.901. The molecule has 1 rings (SSSR count). The van der Waals surface area contributed by atoms with Crippen molar-refractivity contribution in [3.63, 3.8) is 0 Å². The SMILES string of the molecule is CC(CO)CCCNC(=O)CC1CCCNC1. The highest BCUT2D eigenvalue weighted by Gasteiger charge is 2.16. The zero-order chi connectivity index (χ0) is 12.5. The third kappa shape index (κ3) is 6.64. The summed E-state index contributed by atoms with van der Waals surface area (Å²) in [6.07, 6.45) is 4.94. The maximum absolute atomic E-state index is 11.6. The molecule has 2 unspecified atom stereocenters. The van der Waals surface area contributed by atoms with Gasteiger partial charge in [-0.05, 0) is 50.6 Å². The fraction of sp³-hybridized carbons (Fsp3) is 0.923. The fourth-order valence-electron chi connectivity index (χ4n) is 2.20. The Morgan fingerprint density at radius 3 is 3.06 bits per heavy atom. The molecule has 1 aliphatic heterocycles. The van der Waals surface area contributed by atoms with Crippen LogP contribution in [0.4, 0.5) is 0 Å². The third-order valence-electron chi connectivity index (χ3n) is 3.38. The van der Waals surface area contributed by atoms with E-state index in [1.54, 1.807) is 0 Å². The molecule has 0 radical (unpaired) electrons. The Morgan fingerprint density at radius 1 is 1.59 bits per heavy atom. The van der Waals surface area contributed by atoms with Crippen LogP contribution in [-0.4, -0.2) is 37.3 Å². The molecule has 1 amide bonds. The quantitative estimate of drug-likeness (QED) is 0.581. The van der Waals surface area contributed by atoms with E-state index in [1.165, 1.54) is 12.8 Å². The first-order valence-electron chi connectivity index (χ1n) is 6.80. The van der Waals surface area contributed by atoms with Crippen LogP contribution in [0, 0.1) is 11.8 Å². The minimum Gasteiger partial charge on any atom is -0.396 e. The summed E-state index contributed by atoms with van der Waals surface area (Å²) in [6, 6.07) is 0. The molecule has 4 heteroatoms. The van der Waals surface area contributed by atoms with Gasteiger partial charge in [0.2, 0.25) is 5.91 Å². The molecule has 0 spiro atoms. The molecule has 0 aromatic carbocycles. The van der Waals surface area contributed by atoms with Gasteiger partial charge in [0.15, 0.2) is 0 Å². The van der Waals surface area contributed by atoms with Gasteiger partial charge in [-0.25, -0.2) is 0 Å². The molecule has 0 aromatic rings. The molecular formula is C13H26N2O2. The van der Waals surface area contributed by atoms with Crippen LogP contribution in [0.1, 0.15) is 39.0 Å². The lowest BCUT2D eigenvalue weighted by Gasteiger charge is -2.22. The van der Waals surface area contributed by atoms with Crippen molar-refractivity contribution in [3.8, 4) is 0 Å². The summed E-state index contributed by atoms with van der Waals surface area (Å²) in [4.78, 5) is 11.6. The lowest BCUT2D eigenvalue weighted by Crippen LogP contribution is -2.34. The second kappa shape index (κ2) is 8.48. The number of carbonyl (C=O) groups is 1. The molecule has 0 aromatic heterocycles. The lowest BCUT2D eigenvalue weighted by atomic mass is 9.96. The molecule has 17 heavy (non-hydrogen) atoms. The molecule has 100 valence electrons.